The molecular formula is C27H19FN4O2. The number of benzene rings is 3. The second-order valence-electron chi connectivity index (χ2n) is 7.68. The molecule has 7 heteroatoms. The summed E-state index contributed by atoms with van der Waals surface area (Å²) in [7, 11) is 0. The summed E-state index contributed by atoms with van der Waals surface area (Å²) in [6, 6.07) is 21.9. The Morgan fingerprint density at radius 3 is 2.44 bits per heavy atom. The van der Waals surface area contributed by atoms with Crippen LogP contribution in [-0.2, 0) is 0 Å². The number of ether oxygens (including phenoxy) is 1. The van der Waals surface area contributed by atoms with Crippen molar-refractivity contribution in [3.05, 3.63) is 108 Å². The van der Waals surface area contributed by atoms with Crippen LogP contribution in [0.25, 0.3) is 22.3 Å². The predicted molar refractivity (Wildman–Crippen MR) is 128 cm³/mol. The molecule has 6 nitrogen and oxygen atoms in total. The maximum absolute atomic E-state index is 13.3. The third-order valence-electron chi connectivity index (χ3n) is 5.16. The highest BCUT2D eigenvalue weighted by molar-refractivity contribution is 6.04. The van der Waals surface area contributed by atoms with E-state index in [9.17, 15) is 9.18 Å². The summed E-state index contributed by atoms with van der Waals surface area (Å²) >= 11 is 0. The molecule has 0 bridgehead atoms. The summed E-state index contributed by atoms with van der Waals surface area (Å²) in [6.07, 6.45) is 3.51. The summed E-state index contributed by atoms with van der Waals surface area (Å²) in [4.78, 5) is 25.8. The normalized spacial score (nSPS) is 10.8. The SMILES string of the molecule is Cc1ccc(-c2cnc3ccc(Oc4ccc(NC(=O)c5cccc(F)c5)cc4)cc3n2)cn1. The van der Waals surface area contributed by atoms with Crippen LogP contribution in [0, 0.1) is 12.7 Å². The van der Waals surface area contributed by atoms with Crippen LogP contribution in [0.15, 0.2) is 91.3 Å². The summed E-state index contributed by atoms with van der Waals surface area (Å²) in [5, 5.41) is 2.74. The Morgan fingerprint density at radius 2 is 1.68 bits per heavy atom. The molecule has 5 aromatic rings. The number of carbonyl (C=O) groups excluding carboxylic acids is 1. The molecule has 0 saturated carbocycles. The second kappa shape index (κ2) is 9.07. The third kappa shape index (κ3) is 4.73. The van der Waals surface area contributed by atoms with E-state index >= 15 is 0 Å². The van der Waals surface area contributed by atoms with E-state index in [1.807, 2.05) is 37.3 Å². The Labute approximate surface area is 195 Å². The fraction of sp³-hybridized carbons (Fsp3) is 0.0370. The topological polar surface area (TPSA) is 77.0 Å². The van der Waals surface area contributed by atoms with Crippen molar-refractivity contribution < 1.29 is 13.9 Å². The van der Waals surface area contributed by atoms with Gasteiger partial charge in [0, 0.05) is 34.8 Å². The molecule has 0 aliphatic heterocycles. The summed E-state index contributed by atoms with van der Waals surface area (Å²) in [5.74, 6) is 0.354. The van der Waals surface area contributed by atoms with E-state index in [-0.39, 0.29) is 11.5 Å². The fourth-order valence-corrected chi connectivity index (χ4v) is 3.39. The number of halogens is 1. The number of pyridine rings is 1. The highest BCUT2D eigenvalue weighted by Crippen LogP contribution is 2.27. The van der Waals surface area contributed by atoms with Crippen LogP contribution < -0.4 is 10.1 Å². The van der Waals surface area contributed by atoms with E-state index in [2.05, 4.69) is 15.3 Å². The van der Waals surface area contributed by atoms with Crippen molar-refractivity contribution in [3.63, 3.8) is 0 Å². The van der Waals surface area contributed by atoms with Gasteiger partial charge in [0.15, 0.2) is 0 Å². The standard InChI is InChI=1S/C27H19FN4O2/c1-17-5-6-19(15-29-17)26-16-30-24-12-11-23(14-25(24)32-26)34-22-9-7-21(8-10-22)31-27(33)18-3-2-4-20(28)13-18/h2-16H,1H3,(H,31,33). The molecule has 1 amide bonds. The monoisotopic (exact) mass is 450 g/mol. The molecule has 2 heterocycles. The van der Waals surface area contributed by atoms with Crippen molar-refractivity contribution in [2.24, 2.45) is 0 Å². The predicted octanol–water partition coefficient (Wildman–Crippen LogP) is 6.18. The molecule has 5 rings (SSSR count). The first-order valence-corrected chi connectivity index (χ1v) is 10.6. The van der Waals surface area contributed by atoms with Gasteiger partial charge in [0.05, 0.1) is 22.9 Å². The van der Waals surface area contributed by atoms with Crippen LogP contribution in [-0.4, -0.2) is 20.9 Å². The summed E-state index contributed by atoms with van der Waals surface area (Å²) in [6.45, 7) is 1.93. The maximum Gasteiger partial charge on any atom is 0.255 e. The zero-order chi connectivity index (χ0) is 23.5. The average Bonchev–Trinajstić information content (AvgIpc) is 2.85. The van der Waals surface area contributed by atoms with Gasteiger partial charge in [0.25, 0.3) is 5.91 Å². The van der Waals surface area contributed by atoms with Crippen molar-refractivity contribution in [1.82, 2.24) is 15.0 Å². The minimum Gasteiger partial charge on any atom is -0.457 e. The highest BCUT2D eigenvalue weighted by Gasteiger charge is 2.08. The minimum atomic E-state index is -0.459. The second-order valence-corrected chi connectivity index (χ2v) is 7.68. The molecule has 1 N–H and O–H groups in total. The molecule has 0 radical (unpaired) electrons. The first-order valence-electron chi connectivity index (χ1n) is 10.6. The molecule has 3 aromatic carbocycles. The Morgan fingerprint density at radius 1 is 0.853 bits per heavy atom. The number of fused-ring (bicyclic) bond motifs is 1. The first kappa shape index (κ1) is 21.2. The number of aromatic nitrogens is 3. The van der Waals surface area contributed by atoms with Crippen LogP contribution >= 0.6 is 0 Å². The van der Waals surface area contributed by atoms with Crippen LogP contribution in [0.4, 0.5) is 10.1 Å². The van der Waals surface area contributed by atoms with Crippen LogP contribution in [0.3, 0.4) is 0 Å². The van der Waals surface area contributed by atoms with Gasteiger partial charge in [-0.15, -0.1) is 0 Å². The Balaban J connectivity index is 1.31. The van der Waals surface area contributed by atoms with Crippen molar-refractivity contribution in [1.29, 1.82) is 0 Å². The van der Waals surface area contributed by atoms with Crippen LogP contribution in [0.2, 0.25) is 0 Å². The minimum absolute atomic E-state index is 0.249. The van der Waals surface area contributed by atoms with E-state index < -0.39 is 5.82 Å². The molecule has 0 aliphatic rings. The number of hydrogen-bond donors (Lipinski definition) is 1. The number of aryl methyl sites for hydroxylation is 1. The lowest BCUT2D eigenvalue weighted by Crippen LogP contribution is -2.11. The van der Waals surface area contributed by atoms with Crippen LogP contribution in [0.5, 0.6) is 11.5 Å². The Bertz CT molecular complexity index is 1490. The molecular weight excluding hydrogens is 431 g/mol. The van der Waals surface area contributed by atoms with Gasteiger partial charge in [-0.05, 0) is 73.7 Å². The lowest BCUT2D eigenvalue weighted by molar-refractivity contribution is 0.102. The number of nitrogens with one attached hydrogen (secondary N) is 1. The molecule has 2 aromatic heterocycles. The van der Waals surface area contributed by atoms with Gasteiger partial charge in [0.1, 0.15) is 17.3 Å². The Kier molecular flexibility index (Phi) is 5.66. The zero-order valence-corrected chi connectivity index (χ0v) is 18.2. The fourth-order valence-electron chi connectivity index (χ4n) is 3.39. The number of carbonyl (C=O) groups is 1. The largest absolute Gasteiger partial charge is 0.457 e. The van der Waals surface area contributed by atoms with E-state index in [0.717, 1.165) is 22.5 Å². The zero-order valence-electron chi connectivity index (χ0n) is 18.2. The summed E-state index contributed by atoms with van der Waals surface area (Å²) in [5.41, 5.74) is 4.84. The van der Waals surface area contributed by atoms with Gasteiger partial charge in [-0.25, -0.2) is 9.37 Å². The maximum atomic E-state index is 13.3. The van der Waals surface area contributed by atoms with Gasteiger partial charge < -0.3 is 10.1 Å². The molecule has 0 atom stereocenters. The highest BCUT2D eigenvalue weighted by atomic mass is 19.1. The lowest BCUT2D eigenvalue weighted by Gasteiger charge is -2.09. The molecule has 166 valence electrons. The third-order valence-corrected chi connectivity index (χ3v) is 5.16. The molecule has 0 unspecified atom stereocenters. The lowest BCUT2D eigenvalue weighted by atomic mass is 10.2. The van der Waals surface area contributed by atoms with E-state index in [1.165, 1.54) is 18.2 Å². The molecule has 0 aliphatic carbocycles. The van der Waals surface area contributed by atoms with Crippen LogP contribution in [0.1, 0.15) is 16.1 Å². The Hall–Kier alpha value is -4.65. The average molecular weight is 450 g/mol. The van der Waals surface area contributed by atoms with E-state index in [1.54, 1.807) is 42.7 Å². The van der Waals surface area contributed by atoms with Gasteiger partial charge in [-0.1, -0.05) is 6.07 Å². The number of amides is 1. The molecule has 34 heavy (non-hydrogen) atoms. The molecule has 0 saturated heterocycles. The first-order chi connectivity index (χ1) is 16.5. The number of hydrogen-bond acceptors (Lipinski definition) is 5. The van der Waals surface area contributed by atoms with E-state index in [4.69, 9.17) is 9.72 Å². The van der Waals surface area contributed by atoms with Gasteiger partial charge in [-0.2, -0.15) is 0 Å². The number of rotatable bonds is 5. The van der Waals surface area contributed by atoms with Gasteiger partial charge >= 0.3 is 0 Å². The molecule has 0 spiro atoms. The molecule has 0 fully saturated rings. The van der Waals surface area contributed by atoms with Gasteiger partial charge in [-0.3, -0.25) is 14.8 Å². The number of anilines is 1. The smallest absolute Gasteiger partial charge is 0.255 e. The number of nitrogens with zero attached hydrogens (tertiary/aromatic N) is 3. The quantitative estimate of drug-likeness (QED) is 0.346. The van der Waals surface area contributed by atoms with Crippen molar-refractivity contribution in [2.45, 2.75) is 6.92 Å². The van der Waals surface area contributed by atoms with Crippen molar-refractivity contribution >= 4 is 22.6 Å². The van der Waals surface area contributed by atoms with Crippen molar-refractivity contribution in [3.8, 4) is 22.8 Å². The van der Waals surface area contributed by atoms with Crippen molar-refractivity contribution in [2.75, 3.05) is 5.32 Å². The van der Waals surface area contributed by atoms with E-state index in [0.29, 0.717) is 22.7 Å². The van der Waals surface area contributed by atoms with Gasteiger partial charge in [0.2, 0.25) is 0 Å². The summed E-state index contributed by atoms with van der Waals surface area (Å²) < 4.78 is 19.3.